The van der Waals surface area contributed by atoms with Crippen LogP contribution < -0.4 is 5.56 Å². The molecule has 4 fully saturated rings. The monoisotopic (exact) mass is 520 g/mol. The highest BCUT2D eigenvalue weighted by molar-refractivity contribution is 5.94. The summed E-state index contributed by atoms with van der Waals surface area (Å²) in [5.41, 5.74) is 1.17. The molecular weight excluding hydrogens is 480 g/mol. The van der Waals surface area contributed by atoms with Crippen molar-refractivity contribution in [2.75, 3.05) is 13.1 Å². The molecule has 38 heavy (non-hydrogen) atoms. The van der Waals surface area contributed by atoms with Crippen LogP contribution in [0.2, 0.25) is 0 Å². The quantitative estimate of drug-likeness (QED) is 0.632. The summed E-state index contributed by atoms with van der Waals surface area (Å²) >= 11 is 0. The Morgan fingerprint density at radius 3 is 2.08 bits per heavy atom. The Bertz CT molecular complexity index is 1230. The molecule has 4 heterocycles. The van der Waals surface area contributed by atoms with Crippen molar-refractivity contribution in [1.82, 2.24) is 19.4 Å². The highest BCUT2D eigenvalue weighted by Gasteiger charge is 2.45. The Balaban J connectivity index is 1.29. The smallest absolute Gasteiger partial charge is 0.306 e. The first-order valence-electron chi connectivity index (χ1n) is 14.8. The van der Waals surface area contributed by atoms with Gasteiger partial charge in [0.05, 0.1) is 17.0 Å². The van der Waals surface area contributed by atoms with Gasteiger partial charge in [-0.1, -0.05) is 44.2 Å². The number of hydrogen-bond donors (Lipinski definition) is 1. The molecule has 2 unspecified atom stereocenters. The number of carboxylic acids is 1. The molecule has 2 aromatic rings. The van der Waals surface area contributed by atoms with Crippen LogP contribution in [-0.4, -0.2) is 67.5 Å². The van der Waals surface area contributed by atoms with E-state index in [9.17, 15) is 19.5 Å². The number of nitrogens with zero attached hydrogens (tertiary/aromatic N) is 4. The van der Waals surface area contributed by atoms with Crippen molar-refractivity contribution in [3.63, 3.8) is 0 Å². The van der Waals surface area contributed by atoms with E-state index in [0.717, 1.165) is 18.4 Å². The normalized spacial score (nSPS) is 27.8. The summed E-state index contributed by atoms with van der Waals surface area (Å²) < 4.78 is 1.89. The second-order valence-electron chi connectivity index (χ2n) is 12.0. The molecule has 4 aliphatic rings. The molecule has 6 rings (SSSR count). The zero-order valence-electron chi connectivity index (χ0n) is 22.3. The Labute approximate surface area is 224 Å². The van der Waals surface area contributed by atoms with Crippen molar-refractivity contribution >= 4 is 22.9 Å². The van der Waals surface area contributed by atoms with Crippen LogP contribution in [0.15, 0.2) is 29.1 Å². The van der Waals surface area contributed by atoms with Crippen LogP contribution >= 0.6 is 0 Å². The van der Waals surface area contributed by atoms with Gasteiger partial charge in [0, 0.05) is 37.3 Å². The lowest BCUT2D eigenvalue weighted by atomic mass is 9.89. The second kappa shape index (κ2) is 10.8. The van der Waals surface area contributed by atoms with E-state index in [4.69, 9.17) is 0 Å². The fraction of sp³-hybridized carbons (Fsp3) is 0.667. The zero-order chi connectivity index (χ0) is 26.2. The molecule has 0 spiro atoms. The van der Waals surface area contributed by atoms with Gasteiger partial charge < -0.3 is 14.6 Å². The fourth-order valence-electron chi connectivity index (χ4n) is 7.86. The van der Waals surface area contributed by atoms with Gasteiger partial charge in [-0.15, -0.1) is 0 Å². The Morgan fingerprint density at radius 2 is 1.42 bits per heavy atom. The first-order chi connectivity index (χ1) is 18.5. The van der Waals surface area contributed by atoms with Crippen LogP contribution in [-0.2, 0) is 4.79 Å². The van der Waals surface area contributed by atoms with Crippen LogP contribution in [0.25, 0.3) is 11.0 Å². The lowest BCUT2D eigenvalue weighted by Gasteiger charge is -2.45. The minimum atomic E-state index is -0.816. The van der Waals surface area contributed by atoms with Gasteiger partial charge in [-0.05, 0) is 63.5 Å². The molecule has 8 nitrogen and oxygen atoms in total. The molecule has 8 heteroatoms. The topological polar surface area (TPSA) is 95.7 Å². The minimum absolute atomic E-state index is 0.0210. The summed E-state index contributed by atoms with van der Waals surface area (Å²) in [5.74, 6) is -1.62. The number of benzene rings is 1. The number of para-hydroxylation sites is 2. The molecule has 1 amide bonds. The molecule has 1 aromatic carbocycles. The van der Waals surface area contributed by atoms with E-state index in [1.165, 1.54) is 57.8 Å². The SMILES string of the molecule is O=C(O)C1CCN(C(=O)c2nc3ccccc3n(C3CC4CCC(C3)N4C3CCCCCCC3)c2=O)CC1. The number of aliphatic carboxylic acids is 1. The molecule has 3 saturated heterocycles. The number of fused-ring (bicyclic) bond motifs is 3. The largest absolute Gasteiger partial charge is 0.481 e. The average molecular weight is 521 g/mol. The van der Waals surface area contributed by atoms with Crippen molar-refractivity contribution in [1.29, 1.82) is 0 Å². The third-order valence-corrected chi connectivity index (χ3v) is 9.76. The van der Waals surface area contributed by atoms with Crippen molar-refractivity contribution < 1.29 is 14.7 Å². The number of likely N-dealkylation sites (tertiary alicyclic amines) is 1. The summed E-state index contributed by atoms with van der Waals surface area (Å²) in [6, 6.07) is 9.41. The molecule has 1 aromatic heterocycles. The van der Waals surface area contributed by atoms with E-state index in [1.807, 2.05) is 28.8 Å². The third kappa shape index (κ3) is 4.76. The maximum absolute atomic E-state index is 14.0. The number of carbonyl (C=O) groups is 2. The molecule has 1 N–H and O–H groups in total. The number of aromatic nitrogens is 2. The zero-order valence-corrected chi connectivity index (χ0v) is 22.3. The van der Waals surface area contributed by atoms with Gasteiger partial charge in [0.25, 0.3) is 11.5 Å². The molecule has 204 valence electrons. The van der Waals surface area contributed by atoms with E-state index in [1.54, 1.807) is 4.90 Å². The Hall–Kier alpha value is -2.74. The third-order valence-electron chi connectivity index (χ3n) is 9.76. The first kappa shape index (κ1) is 25.5. The van der Waals surface area contributed by atoms with E-state index in [2.05, 4.69) is 9.88 Å². The highest BCUT2D eigenvalue weighted by Crippen LogP contribution is 2.44. The van der Waals surface area contributed by atoms with Crippen molar-refractivity contribution in [2.45, 2.75) is 108 Å². The first-order valence-corrected chi connectivity index (χ1v) is 14.8. The van der Waals surface area contributed by atoms with Crippen LogP contribution in [0.4, 0.5) is 0 Å². The van der Waals surface area contributed by atoms with Gasteiger partial charge in [0.15, 0.2) is 5.69 Å². The van der Waals surface area contributed by atoms with Crippen molar-refractivity contribution in [3.8, 4) is 0 Å². The van der Waals surface area contributed by atoms with Gasteiger partial charge in [0.2, 0.25) is 0 Å². The number of amides is 1. The molecule has 0 radical (unpaired) electrons. The summed E-state index contributed by atoms with van der Waals surface area (Å²) in [4.78, 5) is 47.9. The fourth-order valence-corrected chi connectivity index (χ4v) is 7.86. The number of piperidine rings is 2. The molecule has 1 saturated carbocycles. The van der Waals surface area contributed by atoms with Gasteiger partial charge >= 0.3 is 5.97 Å². The van der Waals surface area contributed by atoms with Crippen LogP contribution in [0, 0.1) is 5.92 Å². The van der Waals surface area contributed by atoms with E-state index in [-0.39, 0.29) is 23.2 Å². The summed E-state index contributed by atoms with van der Waals surface area (Å²) in [5, 5.41) is 9.33. The molecular formula is C30H40N4O4. The number of hydrogen-bond acceptors (Lipinski definition) is 5. The molecule has 1 aliphatic carbocycles. The standard InChI is InChI=1S/C30H40N4O4/c35-28(32-16-14-20(15-17-32)30(37)38)27-29(36)34(26-11-7-6-10-25(26)31-27)24-18-22-12-13-23(19-24)33(22)21-8-4-2-1-3-5-9-21/h6-7,10-11,20-24H,1-5,8-9,12-19H2,(H,37,38). The number of carboxylic acid groups (broad SMARTS) is 1. The van der Waals surface area contributed by atoms with Crippen molar-refractivity contribution in [3.05, 3.63) is 40.3 Å². The number of carbonyl (C=O) groups excluding carboxylic acids is 1. The lowest BCUT2D eigenvalue weighted by Crippen LogP contribution is -2.50. The Morgan fingerprint density at radius 1 is 0.789 bits per heavy atom. The summed E-state index contributed by atoms with van der Waals surface area (Å²) in [6.45, 7) is 0.682. The van der Waals surface area contributed by atoms with E-state index in [0.29, 0.717) is 49.6 Å². The predicted octanol–water partition coefficient (Wildman–Crippen LogP) is 4.61. The summed E-state index contributed by atoms with van der Waals surface area (Å²) in [6.07, 6.45) is 14.4. The second-order valence-corrected chi connectivity index (χ2v) is 12.0. The Kier molecular flexibility index (Phi) is 7.25. The van der Waals surface area contributed by atoms with Crippen LogP contribution in [0.5, 0.6) is 0 Å². The molecule has 2 bridgehead atoms. The maximum atomic E-state index is 14.0. The van der Waals surface area contributed by atoms with Gasteiger partial charge in [0.1, 0.15) is 0 Å². The number of rotatable bonds is 4. The summed E-state index contributed by atoms with van der Waals surface area (Å²) in [7, 11) is 0. The van der Waals surface area contributed by atoms with Gasteiger partial charge in [-0.3, -0.25) is 19.3 Å². The van der Waals surface area contributed by atoms with Gasteiger partial charge in [-0.2, -0.15) is 0 Å². The predicted molar refractivity (Wildman–Crippen MR) is 145 cm³/mol. The van der Waals surface area contributed by atoms with Crippen LogP contribution in [0.1, 0.15) is 100 Å². The minimum Gasteiger partial charge on any atom is -0.481 e. The lowest BCUT2D eigenvalue weighted by molar-refractivity contribution is -0.143. The van der Waals surface area contributed by atoms with E-state index >= 15 is 0 Å². The maximum Gasteiger partial charge on any atom is 0.306 e. The molecule has 3 aliphatic heterocycles. The van der Waals surface area contributed by atoms with Gasteiger partial charge in [-0.25, -0.2) is 4.98 Å². The molecule has 2 atom stereocenters. The van der Waals surface area contributed by atoms with Crippen LogP contribution in [0.3, 0.4) is 0 Å². The highest BCUT2D eigenvalue weighted by atomic mass is 16.4. The average Bonchev–Trinajstić information content (AvgIpc) is 3.16. The van der Waals surface area contributed by atoms with Crippen molar-refractivity contribution in [2.24, 2.45) is 5.92 Å². The van der Waals surface area contributed by atoms with E-state index < -0.39 is 11.9 Å².